The fourth-order valence-electron chi connectivity index (χ4n) is 4.21. The van der Waals surface area contributed by atoms with Crippen molar-refractivity contribution in [2.24, 2.45) is 0 Å². The van der Waals surface area contributed by atoms with Crippen LogP contribution in [0.3, 0.4) is 0 Å². The molecule has 3 fully saturated rings. The number of nitrogens with zero attached hydrogens (tertiary/aromatic N) is 3. The summed E-state index contributed by atoms with van der Waals surface area (Å²) in [5.41, 5.74) is 0.435. The number of piperazine rings is 1. The summed E-state index contributed by atoms with van der Waals surface area (Å²) in [7, 11) is 1.91. The van der Waals surface area contributed by atoms with Crippen LogP contribution in [0.4, 0.5) is 0 Å². The Balaban J connectivity index is 1.27. The second kappa shape index (κ2) is 8.06. The zero-order valence-corrected chi connectivity index (χ0v) is 15.7. The van der Waals surface area contributed by atoms with Crippen molar-refractivity contribution < 1.29 is 9.21 Å². The number of nitrogens with one attached hydrogen (secondary N) is 2. The molecule has 1 saturated heterocycles. The third kappa shape index (κ3) is 4.27. The van der Waals surface area contributed by atoms with E-state index in [1.165, 1.54) is 31.9 Å². The smallest absolute Gasteiger partial charge is 0.275 e. The van der Waals surface area contributed by atoms with Crippen molar-refractivity contribution >= 4 is 5.91 Å². The predicted octanol–water partition coefficient (Wildman–Crippen LogP) is 1.22. The summed E-state index contributed by atoms with van der Waals surface area (Å²) >= 11 is 0. The van der Waals surface area contributed by atoms with Gasteiger partial charge in [0.25, 0.3) is 5.91 Å². The van der Waals surface area contributed by atoms with Crippen LogP contribution in [-0.2, 0) is 6.54 Å². The molecule has 0 aromatic carbocycles. The Labute approximate surface area is 155 Å². The molecular formula is C19H31N5O2. The Morgan fingerprint density at radius 3 is 2.69 bits per heavy atom. The quantitative estimate of drug-likeness (QED) is 0.794. The van der Waals surface area contributed by atoms with Gasteiger partial charge in [-0.05, 0) is 38.5 Å². The van der Waals surface area contributed by atoms with Crippen molar-refractivity contribution in [1.82, 2.24) is 25.4 Å². The normalized spacial score (nSPS) is 27.4. The average molecular weight is 361 g/mol. The van der Waals surface area contributed by atoms with E-state index in [4.69, 9.17) is 4.42 Å². The molecule has 1 amide bonds. The van der Waals surface area contributed by atoms with Crippen LogP contribution in [0.5, 0.6) is 0 Å². The Hall–Kier alpha value is -1.44. The van der Waals surface area contributed by atoms with Gasteiger partial charge >= 0.3 is 0 Å². The van der Waals surface area contributed by atoms with E-state index in [1.54, 1.807) is 0 Å². The summed E-state index contributed by atoms with van der Waals surface area (Å²) < 4.78 is 5.46. The first kappa shape index (κ1) is 17.9. The predicted molar refractivity (Wildman–Crippen MR) is 98.9 cm³/mol. The van der Waals surface area contributed by atoms with Gasteiger partial charge in [-0.25, -0.2) is 4.98 Å². The van der Waals surface area contributed by atoms with Crippen molar-refractivity contribution in [2.45, 2.75) is 63.2 Å². The van der Waals surface area contributed by atoms with Gasteiger partial charge in [0, 0.05) is 51.4 Å². The Bertz CT molecular complexity index is 601. The third-order valence-corrected chi connectivity index (χ3v) is 6.09. The highest BCUT2D eigenvalue weighted by atomic mass is 16.3. The van der Waals surface area contributed by atoms with Gasteiger partial charge in [-0.2, -0.15) is 0 Å². The molecule has 3 aliphatic rings. The standard InChI is InChI=1S/C19H31N5O2/c1-23(15-4-6-16(7-5-15)24-10-8-20-9-11-24)19(25)17-13-26-18(22-17)12-21-14-2-3-14/h13-16,20-21H,2-12H2,1H3. The Kier molecular flexibility index (Phi) is 5.57. The first-order chi connectivity index (χ1) is 12.7. The van der Waals surface area contributed by atoms with Gasteiger partial charge in [-0.3, -0.25) is 9.69 Å². The molecular weight excluding hydrogens is 330 g/mol. The second-order valence-electron chi connectivity index (χ2n) is 7.95. The van der Waals surface area contributed by atoms with Crippen LogP contribution in [0.25, 0.3) is 0 Å². The van der Waals surface area contributed by atoms with Crippen LogP contribution >= 0.6 is 0 Å². The fraction of sp³-hybridized carbons (Fsp3) is 0.789. The fourth-order valence-corrected chi connectivity index (χ4v) is 4.21. The minimum atomic E-state index is -0.0166. The molecule has 7 nitrogen and oxygen atoms in total. The van der Waals surface area contributed by atoms with Gasteiger partial charge < -0.3 is 20.0 Å². The molecule has 1 aliphatic heterocycles. The summed E-state index contributed by atoms with van der Waals surface area (Å²) in [6.45, 7) is 5.11. The number of carbonyl (C=O) groups is 1. The van der Waals surface area contributed by atoms with E-state index in [0.29, 0.717) is 36.3 Å². The van der Waals surface area contributed by atoms with Crippen LogP contribution in [0.2, 0.25) is 0 Å². The van der Waals surface area contributed by atoms with Crippen molar-refractivity contribution in [3.05, 3.63) is 17.8 Å². The molecule has 2 N–H and O–H groups in total. The van der Waals surface area contributed by atoms with E-state index < -0.39 is 0 Å². The molecule has 7 heteroatoms. The molecule has 0 spiro atoms. The molecule has 0 bridgehead atoms. The van der Waals surface area contributed by atoms with Crippen molar-refractivity contribution in [2.75, 3.05) is 33.2 Å². The molecule has 2 heterocycles. The SMILES string of the molecule is CN(C(=O)c1coc(CNC2CC2)n1)C1CCC(N2CCNCC2)CC1. The lowest BCUT2D eigenvalue weighted by Crippen LogP contribution is -2.51. The van der Waals surface area contributed by atoms with E-state index in [9.17, 15) is 4.79 Å². The molecule has 0 unspecified atom stereocenters. The zero-order valence-electron chi connectivity index (χ0n) is 15.7. The molecule has 1 aromatic rings. The third-order valence-electron chi connectivity index (χ3n) is 6.09. The van der Waals surface area contributed by atoms with Gasteiger partial charge in [0.2, 0.25) is 5.89 Å². The Morgan fingerprint density at radius 2 is 2.00 bits per heavy atom. The van der Waals surface area contributed by atoms with E-state index in [-0.39, 0.29) is 5.91 Å². The summed E-state index contributed by atoms with van der Waals surface area (Å²) in [5, 5.41) is 6.78. The van der Waals surface area contributed by atoms with Crippen molar-refractivity contribution in [1.29, 1.82) is 0 Å². The van der Waals surface area contributed by atoms with E-state index in [1.807, 2.05) is 11.9 Å². The monoisotopic (exact) mass is 361 g/mol. The number of hydrogen-bond acceptors (Lipinski definition) is 6. The lowest BCUT2D eigenvalue weighted by atomic mass is 9.89. The van der Waals surface area contributed by atoms with Gasteiger partial charge in [0.1, 0.15) is 6.26 Å². The average Bonchev–Trinajstić information content (AvgIpc) is 3.42. The summed E-state index contributed by atoms with van der Waals surface area (Å²) in [6, 6.07) is 1.60. The van der Waals surface area contributed by atoms with Crippen LogP contribution in [-0.4, -0.2) is 72.0 Å². The summed E-state index contributed by atoms with van der Waals surface area (Å²) in [5.74, 6) is 0.591. The van der Waals surface area contributed by atoms with E-state index in [0.717, 1.165) is 39.0 Å². The highest BCUT2D eigenvalue weighted by Crippen LogP contribution is 2.27. The van der Waals surface area contributed by atoms with Crippen LogP contribution in [0, 0.1) is 0 Å². The van der Waals surface area contributed by atoms with E-state index in [2.05, 4.69) is 20.5 Å². The van der Waals surface area contributed by atoms with Gasteiger partial charge in [-0.1, -0.05) is 0 Å². The molecule has 4 rings (SSSR count). The molecule has 26 heavy (non-hydrogen) atoms. The maximum atomic E-state index is 12.8. The topological polar surface area (TPSA) is 73.6 Å². The first-order valence-corrected chi connectivity index (χ1v) is 10.1. The minimum Gasteiger partial charge on any atom is -0.447 e. The molecule has 0 atom stereocenters. The van der Waals surface area contributed by atoms with Crippen molar-refractivity contribution in [3.63, 3.8) is 0 Å². The van der Waals surface area contributed by atoms with Crippen molar-refractivity contribution in [3.8, 4) is 0 Å². The highest BCUT2D eigenvalue weighted by Gasteiger charge is 2.31. The van der Waals surface area contributed by atoms with Gasteiger partial charge in [-0.15, -0.1) is 0 Å². The van der Waals surface area contributed by atoms with Crippen LogP contribution in [0.1, 0.15) is 54.9 Å². The summed E-state index contributed by atoms with van der Waals surface area (Å²) in [4.78, 5) is 21.6. The first-order valence-electron chi connectivity index (χ1n) is 10.1. The largest absolute Gasteiger partial charge is 0.447 e. The number of rotatable bonds is 6. The number of oxazole rings is 1. The van der Waals surface area contributed by atoms with Gasteiger partial charge in [0.15, 0.2) is 5.69 Å². The highest BCUT2D eigenvalue weighted by molar-refractivity contribution is 5.92. The minimum absolute atomic E-state index is 0.0166. The lowest BCUT2D eigenvalue weighted by molar-refractivity contribution is 0.0611. The lowest BCUT2D eigenvalue weighted by Gasteiger charge is -2.41. The molecule has 2 aliphatic carbocycles. The number of aromatic nitrogens is 1. The van der Waals surface area contributed by atoms with E-state index >= 15 is 0 Å². The maximum absolute atomic E-state index is 12.8. The van der Waals surface area contributed by atoms with Crippen LogP contribution < -0.4 is 10.6 Å². The maximum Gasteiger partial charge on any atom is 0.275 e. The number of hydrogen-bond donors (Lipinski definition) is 2. The molecule has 1 aromatic heterocycles. The number of carbonyl (C=O) groups excluding carboxylic acids is 1. The number of amides is 1. The second-order valence-corrected chi connectivity index (χ2v) is 7.95. The molecule has 2 saturated carbocycles. The molecule has 0 radical (unpaired) electrons. The van der Waals surface area contributed by atoms with Gasteiger partial charge in [0.05, 0.1) is 6.54 Å². The summed E-state index contributed by atoms with van der Waals surface area (Å²) in [6.07, 6.45) is 8.47. The zero-order chi connectivity index (χ0) is 17.9. The Morgan fingerprint density at radius 1 is 1.27 bits per heavy atom. The van der Waals surface area contributed by atoms with Crippen LogP contribution in [0.15, 0.2) is 10.7 Å². The molecule has 144 valence electrons.